The molecule has 0 unspecified atom stereocenters. The van der Waals surface area contributed by atoms with Crippen LogP contribution in [0.15, 0.2) is 88.5 Å². The second kappa shape index (κ2) is 11.2. The van der Waals surface area contributed by atoms with Crippen LogP contribution in [0.1, 0.15) is 12.0 Å². The molecule has 0 spiro atoms. The minimum absolute atomic E-state index is 0.0230. The van der Waals surface area contributed by atoms with Crippen LogP contribution in [0.5, 0.6) is 5.75 Å². The quantitative estimate of drug-likeness (QED) is 0.294. The number of hydrogen-bond acceptors (Lipinski definition) is 5. The molecular weight excluding hydrogens is 500 g/mol. The molecule has 0 saturated heterocycles. The van der Waals surface area contributed by atoms with Crippen molar-refractivity contribution in [3.8, 4) is 22.8 Å². The molecule has 1 N–H and O–H groups in total. The van der Waals surface area contributed by atoms with Crippen LogP contribution in [-0.2, 0) is 11.3 Å². The van der Waals surface area contributed by atoms with Crippen molar-refractivity contribution in [2.24, 2.45) is 0 Å². The first-order valence-corrected chi connectivity index (χ1v) is 12.2. The number of amides is 1. The maximum atomic E-state index is 12.4. The molecular formula is C25H23BrN4O2S. The summed E-state index contributed by atoms with van der Waals surface area (Å²) in [5, 5.41) is 12.6. The van der Waals surface area contributed by atoms with Gasteiger partial charge in [0.1, 0.15) is 5.75 Å². The zero-order valence-electron chi connectivity index (χ0n) is 18.1. The highest BCUT2D eigenvalue weighted by molar-refractivity contribution is 9.10. The van der Waals surface area contributed by atoms with E-state index in [4.69, 9.17) is 4.74 Å². The van der Waals surface area contributed by atoms with Crippen molar-refractivity contribution in [2.75, 3.05) is 12.9 Å². The van der Waals surface area contributed by atoms with Gasteiger partial charge in [0.25, 0.3) is 0 Å². The minimum Gasteiger partial charge on any atom is -0.496 e. The summed E-state index contributed by atoms with van der Waals surface area (Å²) < 4.78 is 8.31. The fraction of sp³-hybridized carbons (Fsp3) is 0.160. The van der Waals surface area contributed by atoms with Crippen molar-refractivity contribution >= 4 is 33.6 Å². The Morgan fingerprint density at radius 2 is 1.73 bits per heavy atom. The maximum Gasteiger partial charge on any atom is 0.221 e. The van der Waals surface area contributed by atoms with E-state index >= 15 is 0 Å². The number of carbonyl (C=O) groups excluding carboxylic acids is 1. The van der Waals surface area contributed by atoms with Crippen LogP contribution in [-0.4, -0.2) is 33.5 Å². The van der Waals surface area contributed by atoms with Gasteiger partial charge in [0.05, 0.1) is 7.11 Å². The van der Waals surface area contributed by atoms with Crippen molar-refractivity contribution < 1.29 is 9.53 Å². The number of para-hydroxylation sites is 2. The summed E-state index contributed by atoms with van der Waals surface area (Å²) in [7, 11) is 1.63. The molecule has 168 valence electrons. The van der Waals surface area contributed by atoms with E-state index in [1.807, 2.05) is 83.4 Å². The summed E-state index contributed by atoms with van der Waals surface area (Å²) in [6.45, 7) is 0.430. The number of thioether (sulfide) groups is 1. The van der Waals surface area contributed by atoms with Crippen LogP contribution < -0.4 is 10.1 Å². The summed E-state index contributed by atoms with van der Waals surface area (Å²) in [4.78, 5) is 12.4. The Hall–Kier alpha value is -3.10. The first-order chi connectivity index (χ1) is 16.2. The van der Waals surface area contributed by atoms with Gasteiger partial charge in [-0.05, 0) is 24.3 Å². The number of ether oxygens (including phenoxy) is 1. The van der Waals surface area contributed by atoms with Crippen LogP contribution in [0.2, 0.25) is 0 Å². The molecule has 8 heteroatoms. The number of nitrogens with zero attached hydrogens (tertiary/aromatic N) is 3. The summed E-state index contributed by atoms with van der Waals surface area (Å²) in [6, 6.07) is 25.6. The molecule has 4 rings (SSSR count). The lowest BCUT2D eigenvalue weighted by atomic mass is 10.2. The minimum atomic E-state index is -0.0230. The lowest BCUT2D eigenvalue weighted by Gasteiger charge is -2.11. The third-order valence-electron chi connectivity index (χ3n) is 4.99. The molecule has 0 radical (unpaired) electrons. The highest BCUT2D eigenvalue weighted by Gasteiger charge is 2.18. The second-order valence-electron chi connectivity index (χ2n) is 7.14. The number of nitrogens with one attached hydrogen (secondary N) is 1. The standard InChI is InChI=1S/C25H23BrN4O2S/c1-32-22-14-8-5-9-18(22)17-27-23(31)15-16-33-25-29-28-24(20-12-6-7-13-21(20)26)30(25)19-10-3-2-4-11-19/h2-14H,15-17H2,1H3,(H,27,31). The SMILES string of the molecule is COc1ccccc1CNC(=O)CCSc1nnc(-c2ccccc2Br)n1-c1ccccc1. The molecule has 0 aliphatic rings. The van der Waals surface area contributed by atoms with Gasteiger partial charge in [-0.2, -0.15) is 0 Å². The third kappa shape index (κ3) is 5.64. The number of hydrogen-bond donors (Lipinski definition) is 1. The molecule has 1 heterocycles. The van der Waals surface area contributed by atoms with E-state index in [9.17, 15) is 4.79 Å². The Labute approximate surface area is 205 Å². The first kappa shape index (κ1) is 23.1. The van der Waals surface area contributed by atoms with Gasteiger partial charge in [-0.1, -0.05) is 82.3 Å². The van der Waals surface area contributed by atoms with Gasteiger partial charge in [-0.3, -0.25) is 9.36 Å². The van der Waals surface area contributed by atoms with E-state index in [1.54, 1.807) is 7.11 Å². The molecule has 0 aliphatic heterocycles. The van der Waals surface area contributed by atoms with Crippen LogP contribution in [0.3, 0.4) is 0 Å². The van der Waals surface area contributed by atoms with E-state index in [-0.39, 0.29) is 5.91 Å². The van der Waals surface area contributed by atoms with Crippen molar-refractivity contribution in [3.05, 3.63) is 88.9 Å². The van der Waals surface area contributed by atoms with E-state index in [2.05, 4.69) is 31.4 Å². The molecule has 4 aromatic rings. The number of methoxy groups -OCH3 is 1. The number of aromatic nitrogens is 3. The second-order valence-corrected chi connectivity index (χ2v) is 9.06. The number of rotatable bonds is 9. The van der Waals surface area contributed by atoms with Gasteiger partial charge in [0, 0.05) is 40.0 Å². The topological polar surface area (TPSA) is 69.0 Å². The Bertz CT molecular complexity index is 1230. The summed E-state index contributed by atoms with van der Waals surface area (Å²) in [6.07, 6.45) is 0.367. The van der Waals surface area contributed by atoms with Crippen LogP contribution >= 0.6 is 27.7 Å². The van der Waals surface area contributed by atoms with Crippen molar-refractivity contribution in [1.82, 2.24) is 20.1 Å². The van der Waals surface area contributed by atoms with Gasteiger partial charge < -0.3 is 10.1 Å². The van der Waals surface area contributed by atoms with Gasteiger partial charge in [-0.25, -0.2) is 0 Å². The molecule has 0 bridgehead atoms. The van der Waals surface area contributed by atoms with Crippen LogP contribution in [0.4, 0.5) is 0 Å². The molecule has 0 fully saturated rings. The van der Waals surface area contributed by atoms with Crippen molar-refractivity contribution in [3.63, 3.8) is 0 Å². The van der Waals surface area contributed by atoms with Crippen LogP contribution in [0, 0.1) is 0 Å². The van der Waals surface area contributed by atoms with E-state index < -0.39 is 0 Å². The van der Waals surface area contributed by atoms with Gasteiger partial charge in [0.15, 0.2) is 11.0 Å². The van der Waals surface area contributed by atoms with Crippen LogP contribution in [0.25, 0.3) is 17.1 Å². The highest BCUT2D eigenvalue weighted by Crippen LogP contribution is 2.32. The normalized spacial score (nSPS) is 10.7. The molecule has 1 aromatic heterocycles. The lowest BCUT2D eigenvalue weighted by molar-refractivity contribution is -0.120. The van der Waals surface area contributed by atoms with Gasteiger partial charge >= 0.3 is 0 Å². The Morgan fingerprint density at radius 1 is 1.00 bits per heavy atom. The average molecular weight is 523 g/mol. The summed E-state index contributed by atoms with van der Waals surface area (Å²) >= 11 is 5.13. The Kier molecular flexibility index (Phi) is 7.80. The molecule has 0 saturated carbocycles. The van der Waals surface area contributed by atoms with Crippen molar-refractivity contribution in [2.45, 2.75) is 18.1 Å². The van der Waals surface area contributed by atoms with E-state index in [1.165, 1.54) is 11.8 Å². The predicted molar refractivity (Wildman–Crippen MR) is 135 cm³/mol. The molecule has 0 aliphatic carbocycles. The summed E-state index contributed by atoms with van der Waals surface area (Å²) in [5.41, 5.74) is 2.87. The van der Waals surface area contributed by atoms with E-state index in [0.717, 1.165) is 38.0 Å². The largest absolute Gasteiger partial charge is 0.496 e. The van der Waals surface area contributed by atoms with Gasteiger partial charge in [0.2, 0.25) is 5.91 Å². The molecule has 3 aromatic carbocycles. The van der Waals surface area contributed by atoms with Crippen molar-refractivity contribution in [1.29, 1.82) is 0 Å². The zero-order valence-corrected chi connectivity index (χ0v) is 20.5. The number of carbonyl (C=O) groups is 1. The molecule has 6 nitrogen and oxygen atoms in total. The lowest BCUT2D eigenvalue weighted by Crippen LogP contribution is -2.23. The molecule has 0 atom stereocenters. The molecule has 1 amide bonds. The first-order valence-electron chi connectivity index (χ1n) is 10.4. The molecule has 33 heavy (non-hydrogen) atoms. The zero-order chi connectivity index (χ0) is 23.0. The fourth-order valence-corrected chi connectivity index (χ4v) is 4.71. The Balaban J connectivity index is 1.45. The van der Waals surface area contributed by atoms with E-state index in [0.29, 0.717) is 18.7 Å². The monoisotopic (exact) mass is 522 g/mol. The predicted octanol–water partition coefficient (Wildman–Crippen LogP) is 5.50. The highest BCUT2D eigenvalue weighted by atomic mass is 79.9. The number of halogens is 1. The van der Waals surface area contributed by atoms with Gasteiger partial charge in [-0.15, -0.1) is 10.2 Å². The number of benzene rings is 3. The third-order valence-corrected chi connectivity index (χ3v) is 6.61. The maximum absolute atomic E-state index is 12.4. The summed E-state index contributed by atoms with van der Waals surface area (Å²) in [5.74, 6) is 2.07. The Morgan fingerprint density at radius 3 is 2.52 bits per heavy atom. The smallest absolute Gasteiger partial charge is 0.221 e. The fourth-order valence-electron chi connectivity index (χ4n) is 3.36. The average Bonchev–Trinajstić information content (AvgIpc) is 3.27.